The first kappa shape index (κ1) is 16.8. The Balaban J connectivity index is 3.04. The van der Waals surface area contributed by atoms with Crippen LogP contribution in [-0.4, -0.2) is 62.9 Å². The van der Waals surface area contributed by atoms with Crippen molar-refractivity contribution in [3.05, 3.63) is 23.8 Å². The monoisotopic (exact) mass is 297 g/mol. The lowest BCUT2D eigenvalue weighted by Crippen LogP contribution is -2.38. The molecule has 0 heterocycles. The van der Waals surface area contributed by atoms with E-state index in [9.17, 15) is 9.59 Å². The fraction of sp³-hybridized carbons (Fsp3) is 0.429. The molecule has 1 aromatic carbocycles. The molecule has 0 radical (unpaired) electrons. The Morgan fingerprint density at radius 3 is 2.43 bits per heavy atom. The van der Waals surface area contributed by atoms with Crippen LogP contribution in [0.15, 0.2) is 18.2 Å². The molecule has 0 fully saturated rings. The van der Waals surface area contributed by atoms with Crippen LogP contribution in [0.2, 0.25) is 0 Å². The van der Waals surface area contributed by atoms with Crippen LogP contribution < -0.4 is 9.47 Å². The normalized spacial score (nSPS) is 10.0. The highest BCUT2D eigenvalue weighted by Gasteiger charge is 2.22. The zero-order valence-corrected chi connectivity index (χ0v) is 12.3. The maximum atomic E-state index is 12.5. The zero-order chi connectivity index (χ0) is 15.8. The highest BCUT2D eigenvalue weighted by atomic mass is 16.5. The number of hydrogen-bond acceptors (Lipinski definition) is 5. The summed E-state index contributed by atoms with van der Waals surface area (Å²) in [5, 5.41) is 8.90. The molecule has 0 saturated carbocycles. The first-order valence-electron chi connectivity index (χ1n) is 6.25. The maximum absolute atomic E-state index is 12.5. The van der Waals surface area contributed by atoms with E-state index in [1.54, 1.807) is 18.2 Å². The van der Waals surface area contributed by atoms with Gasteiger partial charge < -0.3 is 24.2 Å². The molecule has 1 aromatic rings. The lowest BCUT2D eigenvalue weighted by Gasteiger charge is -2.21. The molecule has 0 aliphatic rings. The second-order valence-corrected chi connectivity index (χ2v) is 4.18. The number of nitrogens with zero attached hydrogens (tertiary/aromatic N) is 1. The molecular weight excluding hydrogens is 278 g/mol. The molecule has 0 saturated heterocycles. The van der Waals surface area contributed by atoms with Crippen molar-refractivity contribution in [2.75, 3.05) is 41.0 Å². The molecule has 0 aromatic heterocycles. The highest BCUT2D eigenvalue weighted by molar-refractivity contribution is 5.98. The number of ether oxygens (including phenoxy) is 3. The molecule has 0 bridgehead atoms. The van der Waals surface area contributed by atoms with Gasteiger partial charge in [0.25, 0.3) is 5.91 Å². The van der Waals surface area contributed by atoms with Crippen molar-refractivity contribution < 1.29 is 28.9 Å². The quantitative estimate of drug-likeness (QED) is 0.766. The number of rotatable bonds is 8. The third-order valence-electron chi connectivity index (χ3n) is 2.82. The Kier molecular flexibility index (Phi) is 6.48. The van der Waals surface area contributed by atoms with Crippen molar-refractivity contribution in [3.63, 3.8) is 0 Å². The van der Waals surface area contributed by atoms with E-state index in [1.165, 1.54) is 26.2 Å². The smallest absolute Gasteiger partial charge is 0.323 e. The number of carbonyl (C=O) groups excluding carboxylic acids is 1. The summed E-state index contributed by atoms with van der Waals surface area (Å²) in [6, 6.07) is 4.73. The lowest BCUT2D eigenvalue weighted by atomic mass is 10.1. The average Bonchev–Trinajstić information content (AvgIpc) is 2.49. The van der Waals surface area contributed by atoms with Crippen LogP contribution in [0.4, 0.5) is 0 Å². The first-order valence-corrected chi connectivity index (χ1v) is 6.25. The van der Waals surface area contributed by atoms with Gasteiger partial charge in [-0.2, -0.15) is 0 Å². The van der Waals surface area contributed by atoms with Gasteiger partial charge in [-0.05, 0) is 12.1 Å². The molecule has 7 nitrogen and oxygen atoms in total. The minimum Gasteiger partial charge on any atom is -0.497 e. The minimum absolute atomic E-state index is 0.177. The summed E-state index contributed by atoms with van der Waals surface area (Å²) in [5.41, 5.74) is 0.274. The summed E-state index contributed by atoms with van der Waals surface area (Å²) < 4.78 is 15.1. The molecule has 0 atom stereocenters. The van der Waals surface area contributed by atoms with E-state index in [2.05, 4.69) is 0 Å². The first-order chi connectivity index (χ1) is 10.0. The van der Waals surface area contributed by atoms with Crippen molar-refractivity contribution in [2.24, 2.45) is 0 Å². The van der Waals surface area contributed by atoms with Gasteiger partial charge in [-0.3, -0.25) is 9.59 Å². The number of amides is 1. The second kappa shape index (κ2) is 8.11. The van der Waals surface area contributed by atoms with Crippen molar-refractivity contribution in [1.29, 1.82) is 0 Å². The Hall–Kier alpha value is -2.28. The number of benzene rings is 1. The summed E-state index contributed by atoms with van der Waals surface area (Å²) in [7, 11) is 4.42. The number of carboxylic acid groups (broad SMARTS) is 1. The van der Waals surface area contributed by atoms with Crippen LogP contribution in [0.5, 0.6) is 11.5 Å². The van der Waals surface area contributed by atoms with Crippen molar-refractivity contribution >= 4 is 11.9 Å². The van der Waals surface area contributed by atoms with E-state index in [0.29, 0.717) is 11.5 Å². The van der Waals surface area contributed by atoms with Crippen molar-refractivity contribution in [2.45, 2.75) is 0 Å². The van der Waals surface area contributed by atoms with Crippen LogP contribution in [0.25, 0.3) is 0 Å². The van der Waals surface area contributed by atoms with Crippen molar-refractivity contribution in [1.82, 2.24) is 4.90 Å². The number of methoxy groups -OCH3 is 3. The fourth-order valence-corrected chi connectivity index (χ4v) is 1.76. The van der Waals surface area contributed by atoms with Gasteiger partial charge in [0.1, 0.15) is 18.0 Å². The number of aliphatic carboxylic acids is 1. The van der Waals surface area contributed by atoms with Crippen LogP contribution in [0, 0.1) is 0 Å². The molecule has 7 heteroatoms. The van der Waals surface area contributed by atoms with E-state index in [-0.39, 0.29) is 18.7 Å². The fourth-order valence-electron chi connectivity index (χ4n) is 1.76. The Morgan fingerprint density at radius 2 is 1.90 bits per heavy atom. The van der Waals surface area contributed by atoms with E-state index < -0.39 is 18.4 Å². The molecule has 1 N–H and O–H groups in total. The van der Waals surface area contributed by atoms with Gasteiger partial charge >= 0.3 is 5.97 Å². The van der Waals surface area contributed by atoms with E-state index in [0.717, 1.165) is 0 Å². The molecule has 0 unspecified atom stereocenters. The number of hydrogen-bond donors (Lipinski definition) is 1. The van der Waals surface area contributed by atoms with Gasteiger partial charge in [0.2, 0.25) is 0 Å². The van der Waals surface area contributed by atoms with Gasteiger partial charge in [0, 0.05) is 19.7 Å². The molecule has 1 amide bonds. The SMILES string of the molecule is COCCN(CC(=O)O)C(=O)c1ccc(OC)cc1OC. The van der Waals surface area contributed by atoms with Crippen molar-refractivity contribution in [3.8, 4) is 11.5 Å². The second-order valence-electron chi connectivity index (χ2n) is 4.18. The Labute approximate surface area is 123 Å². The minimum atomic E-state index is -1.09. The molecule has 116 valence electrons. The average molecular weight is 297 g/mol. The van der Waals surface area contributed by atoms with Crippen LogP contribution in [-0.2, 0) is 9.53 Å². The molecule has 0 aliphatic heterocycles. The van der Waals surface area contributed by atoms with Gasteiger partial charge in [-0.25, -0.2) is 0 Å². The topological polar surface area (TPSA) is 85.3 Å². The summed E-state index contributed by atoms with van der Waals surface area (Å²) >= 11 is 0. The summed E-state index contributed by atoms with van der Waals surface area (Å²) in [6.07, 6.45) is 0. The third-order valence-corrected chi connectivity index (χ3v) is 2.82. The van der Waals surface area contributed by atoms with Crippen LogP contribution in [0.1, 0.15) is 10.4 Å². The highest BCUT2D eigenvalue weighted by Crippen LogP contribution is 2.25. The lowest BCUT2D eigenvalue weighted by molar-refractivity contribution is -0.137. The Bertz CT molecular complexity index is 502. The molecule has 21 heavy (non-hydrogen) atoms. The Morgan fingerprint density at radius 1 is 1.19 bits per heavy atom. The van der Waals surface area contributed by atoms with Crippen LogP contribution >= 0.6 is 0 Å². The number of carbonyl (C=O) groups is 2. The van der Waals surface area contributed by atoms with Crippen LogP contribution in [0.3, 0.4) is 0 Å². The predicted molar refractivity (Wildman–Crippen MR) is 75.0 cm³/mol. The van der Waals surface area contributed by atoms with Gasteiger partial charge in [-0.1, -0.05) is 0 Å². The van der Waals surface area contributed by atoms with E-state index in [1.807, 2.05) is 0 Å². The predicted octanol–water partition coefficient (Wildman–Crippen LogP) is 0.877. The van der Waals surface area contributed by atoms with E-state index >= 15 is 0 Å². The van der Waals surface area contributed by atoms with Gasteiger partial charge in [0.05, 0.1) is 26.4 Å². The van der Waals surface area contributed by atoms with E-state index in [4.69, 9.17) is 19.3 Å². The van der Waals surface area contributed by atoms with Gasteiger partial charge in [-0.15, -0.1) is 0 Å². The molecule has 0 aliphatic carbocycles. The maximum Gasteiger partial charge on any atom is 0.323 e. The summed E-state index contributed by atoms with van der Waals surface area (Å²) in [6.45, 7) is 0.0195. The largest absolute Gasteiger partial charge is 0.497 e. The van der Waals surface area contributed by atoms with Gasteiger partial charge in [0.15, 0.2) is 0 Å². The molecule has 1 rings (SSSR count). The summed E-state index contributed by atoms with van der Waals surface area (Å²) in [4.78, 5) is 24.5. The third kappa shape index (κ3) is 4.64. The molecular formula is C14H19NO6. The zero-order valence-electron chi connectivity index (χ0n) is 12.3. The number of carboxylic acids is 1. The standard InChI is InChI=1S/C14H19NO6/c1-19-7-6-15(9-13(16)17)14(18)11-5-4-10(20-2)8-12(11)21-3/h4-5,8H,6-7,9H2,1-3H3,(H,16,17). The molecule has 0 spiro atoms. The summed E-state index contributed by atoms with van der Waals surface area (Å²) in [5.74, 6) is -0.655.